The van der Waals surface area contributed by atoms with Crippen molar-refractivity contribution in [2.24, 2.45) is 0 Å². The van der Waals surface area contributed by atoms with E-state index < -0.39 is 23.3 Å². The molecule has 0 atom stereocenters. The monoisotopic (exact) mass is 315 g/mol. The first-order valence-corrected chi connectivity index (χ1v) is 7.45. The lowest BCUT2D eigenvalue weighted by Gasteiger charge is -2.09. The Hall–Kier alpha value is -2.69. The molecule has 4 nitrogen and oxygen atoms in total. The molecule has 0 spiro atoms. The molecular formula is C18H18FNO3. The predicted octanol–water partition coefficient (Wildman–Crippen LogP) is 4.12. The maximum atomic E-state index is 13.8. The van der Waals surface area contributed by atoms with Crippen molar-refractivity contribution in [3.63, 3.8) is 0 Å². The second-order valence-electron chi connectivity index (χ2n) is 5.22. The van der Waals surface area contributed by atoms with Crippen LogP contribution >= 0.6 is 0 Å². The van der Waals surface area contributed by atoms with E-state index in [1.54, 1.807) is 12.1 Å². The third-order valence-electron chi connectivity index (χ3n) is 3.50. The largest absolute Gasteiger partial charge is 0.478 e. The van der Waals surface area contributed by atoms with Gasteiger partial charge in [0.1, 0.15) is 5.82 Å². The molecule has 120 valence electrons. The zero-order valence-corrected chi connectivity index (χ0v) is 12.8. The fourth-order valence-electron chi connectivity index (χ4n) is 2.26. The number of nitrogens with one attached hydrogen (secondary N) is 1. The van der Waals surface area contributed by atoms with Crippen molar-refractivity contribution in [1.29, 1.82) is 0 Å². The number of aryl methyl sites for hydroxylation is 1. The van der Waals surface area contributed by atoms with Crippen LogP contribution in [0.25, 0.3) is 0 Å². The number of carbonyl (C=O) groups excluding carboxylic acids is 1. The highest BCUT2D eigenvalue weighted by molar-refractivity contribution is 6.10. The lowest BCUT2D eigenvalue weighted by atomic mass is 10.1. The van der Waals surface area contributed by atoms with Crippen LogP contribution < -0.4 is 5.32 Å². The normalized spacial score (nSPS) is 10.3. The Balaban J connectivity index is 2.18. The zero-order chi connectivity index (χ0) is 16.8. The summed E-state index contributed by atoms with van der Waals surface area (Å²) in [5, 5.41) is 11.6. The molecule has 0 aliphatic heterocycles. The highest BCUT2D eigenvalue weighted by Crippen LogP contribution is 2.17. The molecule has 2 aromatic carbocycles. The summed E-state index contributed by atoms with van der Waals surface area (Å²) in [4.78, 5) is 23.3. The molecule has 5 heteroatoms. The maximum Gasteiger partial charge on any atom is 0.336 e. The minimum atomic E-state index is -1.34. The molecule has 0 aliphatic carbocycles. The fraction of sp³-hybridized carbons (Fsp3) is 0.222. The van der Waals surface area contributed by atoms with E-state index in [-0.39, 0.29) is 5.56 Å². The van der Waals surface area contributed by atoms with Crippen molar-refractivity contribution in [2.45, 2.75) is 26.2 Å². The molecule has 0 radical (unpaired) electrons. The van der Waals surface area contributed by atoms with Crippen LogP contribution in [0.2, 0.25) is 0 Å². The van der Waals surface area contributed by atoms with Gasteiger partial charge in [-0.05, 0) is 42.7 Å². The number of anilines is 1. The van der Waals surface area contributed by atoms with Gasteiger partial charge >= 0.3 is 5.97 Å². The van der Waals surface area contributed by atoms with Crippen molar-refractivity contribution in [1.82, 2.24) is 0 Å². The quantitative estimate of drug-likeness (QED) is 0.842. The van der Waals surface area contributed by atoms with Gasteiger partial charge in [-0.1, -0.05) is 31.5 Å². The highest BCUT2D eigenvalue weighted by atomic mass is 19.1. The van der Waals surface area contributed by atoms with Crippen LogP contribution in [0.3, 0.4) is 0 Å². The minimum absolute atomic E-state index is 0.359. The van der Waals surface area contributed by atoms with E-state index >= 15 is 0 Å². The van der Waals surface area contributed by atoms with E-state index in [0.717, 1.165) is 30.9 Å². The lowest BCUT2D eigenvalue weighted by molar-refractivity contribution is 0.0691. The molecular weight excluding hydrogens is 297 g/mol. The smallest absolute Gasteiger partial charge is 0.336 e. The van der Waals surface area contributed by atoms with Crippen molar-refractivity contribution >= 4 is 17.6 Å². The number of hydrogen-bond acceptors (Lipinski definition) is 2. The van der Waals surface area contributed by atoms with E-state index in [4.69, 9.17) is 5.11 Å². The third kappa shape index (κ3) is 4.16. The molecule has 0 aliphatic rings. The zero-order valence-electron chi connectivity index (χ0n) is 12.8. The van der Waals surface area contributed by atoms with Crippen molar-refractivity contribution in [3.05, 3.63) is 65.0 Å². The summed E-state index contributed by atoms with van der Waals surface area (Å²) >= 11 is 0. The molecule has 0 fully saturated rings. The van der Waals surface area contributed by atoms with Crippen LogP contribution in [0.15, 0.2) is 42.5 Å². The lowest BCUT2D eigenvalue weighted by Crippen LogP contribution is -2.18. The summed E-state index contributed by atoms with van der Waals surface area (Å²) in [5.74, 6) is -2.98. The average molecular weight is 315 g/mol. The van der Waals surface area contributed by atoms with Gasteiger partial charge < -0.3 is 10.4 Å². The molecule has 0 saturated carbocycles. The number of carboxylic acids is 1. The number of aromatic carboxylic acids is 1. The van der Waals surface area contributed by atoms with Gasteiger partial charge in [-0.15, -0.1) is 0 Å². The van der Waals surface area contributed by atoms with Crippen LogP contribution in [0.5, 0.6) is 0 Å². The second kappa shape index (κ2) is 7.54. The SMILES string of the molecule is CCCCc1ccc(NC(=O)c2c(F)cccc2C(=O)O)cc1. The number of benzene rings is 2. The second-order valence-corrected chi connectivity index (χ2v) is 5.22. The summed E-state index contributed by atoms with van der Waals surface area (Å²) in [6.07, 6.45) is 3.15. The van der Waals surface area contributed by atoms with E-state index in [1.165, 1.54) is 12.1 Å². The average Bonchev–Trinajstić information content (AvgIpc) is 2.53. The Labute approximate surface area is 134 Å². The van der Waals surface area contributed by atoms with Crippen LogP contribution in [-0.2, 0) is 6.42 Å². The molecule has 2 N–H and O–H groups in total. The highest BCUT2D eigenvalue weighted by Gasteiger charge is 2.20. The number of hydrogen-bond donors (Lipinski definition) is 2. The number of carbonyl (C=O) groups is 2. The Morgan fingerprint density at radius 3 is 2.43 bits per heavy atom. The van der Waals surface area contributed by atoms with Crippen LogP contribution in [0, 0.1) is 5.82 Å². The first-order valence-electron chi connectivity index (χ1n) is 7.45. The molecule has 2 rings (SSSR count). The number of carboxylic acid groups (broad SMARTS) is 1. The van der Waals surface area contributed by atoms with E-state index in [0.29, 0.717) is 5.69 Å². The molecule has 0 saturated heterocycles. The Bertz CT molecular complexity index is 711. The third-order valence-corrected chi connectivity index (χ3v) is 3.50. The van der Waals surface area contributed by atoms with Gasteiger partial charge in [-0.2, -0.15) is 0 Å². The number of rotatable bonds is 6. The predicted molar refractivity (Wildman–Crippen MR) is 86.4 cm³/mol. The number of halogens is 1. The van der Waals surface area contributed by atoms with Gasteiger partial charge in [0.25, 0.3) is 5.91 Å². The first-order chi connectivity index (χ1) is 11.0. The van der Waals surface area contributed by atoms with E-state index in [2.05, 4.69) is 12.2 Å². The van der Waals surface area contributed by atoms with Gasteiger partial charge in [0.05, 0.1) is 11.1 Å². The summed E-state index contributed by atoms with van der Waals surface area (Å²) in [7, 11) is 0. The van der Waals surface area contributed by atoms with Gasteiger partial charge in [-0.25, -0.2) is 9.18 Å². The minimum Gasteiger partial charge on any atom is -0.478 e. The maximum absolute atomic E-state index is 13.8. The standard InChI is InChI=1S/C18H18FNO3/c1-2-3-5-12-8-10-13(11-9-12)20-17(21)16-14(18(22)23)6-4-7-15(16)19/h4,6-11H,2-3,5H2,1H3,(H,20,21)(H,22,23). The number of unbranched alkanes of at least 4 members (excludes halogenated alkanes) is 1. The van der Waals surface area contributed by atoms with Crippen LogP contribution in [0.1, 0.15) is 46.0 Å². The van der Waals surface area contributed by atoms with Crippen molar-refractivity contribution in [2.75, 3.05) is 5.32 Å². The Kier molecular flexibility index (Phi) is 5.46. The fourth-order valence-corrected chi connectivity index (χ4v) is 2.26. The van der Waals surface area contributed by atoms with Gasteiger partial charge in [0.15, 0.2) is 0 Å². The summed E-state index contributed by atoms with van der Waals surface area (Å²) in [5.41, 5.74) is 0.828. The molecule has 2 aromatic rings. The Morgan fingerprint density at radius 2 is 1.83 bits per heavy atom. The molecule has 1 amide bonds. The first kappa shape index (κ1) is 16.7. The molecule has 0 unspecified atom stereocenters. The van der Waals surface area contributed by atoms with E-state index in [1.807, 2.05) is 12.1 Å². The Morgan fingerprint density at radius 1 is 1.13 bits per heavy atom. The van der Waals surface area contributed by atoms with Gasteiger partial charge in [0, 0.05) is 5.69 Å². The number of amides is 1. The molecule has 0 bridgehead atoms. The summed E-state index contributed by atoms with van der Waals surface area (Å²) in [6.45, 7) is 2.11. The van der Waals surface area contributed by atoms with Gasteiger partial charge in [0.2, 0.25) is 0 Å². The molecule has 23 heavy (non-hydrogen) atoms. The topological polar surface area (TPSA) is 66.4 Å². The van der Waals surface area contributed by atoms with Crippen LogP contribution in [0.4, 0.5) is 10.1 Å². The summed E-state index contributed by atoms with van der Waals surface area (Å²) in [6, 6.07) is 10.8. The van der Waals surface area contributed by atoms with E-state index in [9.17, 15) is 14.0 Å². The molecule has 0 heterocycles. The van der Waals surface area contributed by atoms with Gasteiger partial charge in [-0.3, -0.25) is 4.79 Å². The van der Waals surface area contributed by atoms with Crippen LogP contribution in [-0.4, -0.2) is 17.0 Å². The summed E-state index contributed by atoms with van der Waals surface area (Å²) < 4.78 is 13.8. The molecule has 0 aromatic heterocycles. The van der Waals surface area contributed by atoms with Crippen molar-refractivity contribution in [3.8, 4) is 0 Å². The van der Waals surface area contributed by atoms with Crippen molar-refractivity contribution < 1.29 is 19.1 Å².